The van der Waals surface area contributed by atoms with Crippen LogP contribution in [-0.4, -0.2) is 23.6 Å². The van der Waals surface area contributed by atoms with Gasteiger partial charge in [0, 0.05) is 6.54 Å². The summed E-state index contributed by atoms with van der Waals surface area (Å²) in [5, 5.41) is 3.21. The largest absolute Gasteiger partial charge is 0.381 e. The van der Waals surface area contributed by atoms with Crippen LogP contribution < -0.4 is 11.1 Å². The van der Waals surface area contributed by atoms with Crippen LogP contribution in [0.25, 0.3) is 6.08 Å². The molecule has 0 aliphatic carbocycles. The van der Waals surface area contributed by atoms with E-state index in [1.165, 1.54) is 0 Å². The summed E-state index contributed by atoms with van der Waals surface area (Å²) in [4.78, 5) is 7.88. The molecular weight excluding hydrogens is 188 g/mol. The van der Waals surface area contributed by atoms with Gasteiger partial charge in [-0.2, -0.15) is 0 Å². The van der Waals surface area contributed by atoms with E-state index < -0.39 is 0 Å². The van der Waals surface area contributed by atoms with Crippen LogP contribution in [0.4, 0.5) is 5.82 Å². The highest BCUT2D eigenvalue weighted by Crippen LogP contribution is 2.12. The molecule has 0 aromatic carbocycles. The number of hydrogen-bond donors (Lipinski definition) is 2. The van der Waals surface area contributed by atoms with Gasteiger partial charge in [0.05, 0.1) is 11.9 Å². The number of likely N-dealkylation sites (N-methyl/N-ethyl adjacent to an activating group) is 1. The average Bonchev–Trinajstić information content (AvgIpc) is 2.12. The van der Waals surface area contributed by atoms with E-state index >= 15 is 0 Å². The van der Waals surface area contributed by atoms with E-state index in [1.807, 2.05) is 19.2 Å². The van der Waals surface area contributed by atoms with Crippen LogP contribution in [0.2, 0.25) is 5.15 Å². The quantitative estimate of drug-likeness (QED) is 0.759. The SMILES string of the molecule is CNCC=Cc1cnc(N)c(Cl)n1. The molecule has 4 nitrogen and oxygen atoms in total. The molecule has 0 aliphatic rings. The summed E-state index contributed by atoms with van der Waals surface area (Å²) in [6.45, 7) is 0.781. The van der Waals surface area contributed by atoms with Crippen LogP contribution in [0.3, 0.4) is 0 Å². The summed E-state index contributed by atoms with van der Waals surface area (Å²) < 4.78 is 0. The van der Waals surface area contributed by atoms with Gasteiger partial charge in [-0.1, -0.05) is 17.7 Å². The van der Waals surface area contributed by atoms with Crippen molar-refractivity contribution in [3.8, 4) is 0 Å². The van der Waals surface area contributed by atoms with Gasteiger partial charge in [0.1, 0.15) is 0 Å². The fourth-order valence-electron chi connectivity index (χ4n) is 0.766. The molecule has 0 atom stereocenters. The van der Waals surface area contributed by atoms with Gasteiger partial charge in [-0.15, -0.1) is 0 Å². The van der Waals surface area contributed by atoms with E-state index in [1.54, 1.807) is 6.20 Å². The molecule has 0 fully saturated rings. The van der Waals surface area contributed by atoms with Crippen LogP contribution in [-0.2, 0) is 0 Å². The minimum atomic E-state index is 0.242. The molecule has 70 valence electrons. The Morgan fingerprint density at radius 2 is 2.46 bits per heavy atom. The van der Waals surface area contributed by atoms with Gasteiger partial charge < -0.3 is 11.1 Å². The number of nitrogens with zero attached hydrogens (tertiary/aromatic N) is 2. The molecule has 0 saturated heterocycles. The first kappa shape index (κ1) is 9.95. The molecule has 3 N–H and O–H groups in total. The number of nitrogens with two attached hydrogens (primary N) is 1. The molecule has 0 spiro atoms. The van der Waals surface area contributed by atoms with E-state index in [2.05, 4.69) is 15.3 Å². The predicted octanol–water partition coefficient (Wildman–Crippen LogP) is 0.945. The number of hydrogen-bond acceptors (Lipinski definition) is 4. The standard InChI is InChI=1S/C8H11ClN4/c1-11-4-2-3-6-5-12-8(10)7(9)13-6/h2-3,5,11H,4H2,1H3,(H2,10,12). The van der Waals surface area contributed by atoms with Crippen molar-refractivity contribution in [2.45, 2.75) is 0 Å². The fraction of sp³-hybridized carbons (Fsp3) is 0.250. The van der Waals surface area contributed by atoms with Crippen LogP contribution in [0.5, 0.6) is 0 Å². The molecule has 1 aromatic rings. The summed E-state index contributed by atoms with van der Waals surface area (Å²) in [7, 11) is 1.87. The van der Waals surface area contributed by atoms with Crippen LogP contribution in [0.15, 0.2) is 12.3 Å². The zero-order valence-electron chi connectivity index (χ0n) is 7.29. The lowest BCUT2D eigenvalue weighted by atomic mass is 10.4. The Morgan fingerprint density at radius 3 is 3.08 bits per heavy atom. The topological polar surface area (TPSA) is 63.8 Å². The molecule has 5 heteroatoms. The number of nitrogens with one attached hydrogen (secondary N) is 1. The van der Waals surface area contributed by atoms with Crippen LogP contribution in [0, 0.1) is 0 Å². The van der Waals surface area contributed by atoms with Crippen molar-refractivity contribution in [1.29, 1.82) is 0 Å². The van der Waals surface area contributed by atoms with Crippen LogP contribution >= 0.6 is 11.6 Å². The van der Waals surface area contributed by atoms with Crippen molar-refractivity contribution in [1.82, 2.24) is 15.3 Å². The fourth-order valence-corrected chi connectivity index (χ4v) is 0.913. The zero-order valence-corrected chi connectivity index (χ0v) is 8.04. The molecule has 1 aromatic heterocycles. The Hall–Kier alpha value is -1.13. The summed E-state index contributed by atoms with van der Waals surface area (Å²) in [6, 6.07) is 0. The molecule has 0 unspecified atom stereocenters. The second kappa shape index (κ2) is 4.79. The van der Waals surface area contributed by atoms with Gasteiger partial charge in [0.15, 0.2) is 11.0 Å². The zero-order chi connectivity index (χ0) is 9.68. The Kier molecular flexibility index (Phi) is 3.67. The van der Waals surface area contributed by atoms with E-state index in [4.69, 9.17) is 17.3 Å². The molecule has 0 radical (unpaired) electrons. The lowest BCUT2D eigenvalue weighted by molar-refractivity contribution is 0.922. The first-order chi connectivity index (χ1) is 6.24. The molecule has 0 aliphatic heterocycles. The highest BCUT2D eigenvalue weighted by Gasteiger charge is 1.97. The Bertz CT molecular complexity index is 311. The summed E-state index contributed by atoms with van der Waals surface area (Å²) in [5.74, 6) is 0.257. The van der Waals surface area contributed by atoms with Crippen molar-refractivity contribution >= 4 is 23.5 Å². The number of aromatic nitrogens is 2. The molecule has 0 amide bonds. The van der Waals surface area contributed by atoms with E-state index in [0.717, 1.165) is 6.54 Å². The molecule has 0 saturated carbocycles. The van der Waals surface area contributed by atoms with E-state index in [-0.39, 0.29) is 11.0 Å². The molecule has 1 rings (SSSR count). The number of anilines is 1. The Morgan fingerprint density at radius 1 is 1.69 bits per heavy atom. The number of nitrogen functional groups attached to an aromatic ring is 1. The minimum Gasteiger partial charge on any atom is -0.381 e. The van der Waals surface area contributed by atoms with Crippen molar-refractivity contribution in [3.63, 3.8) is 0 Å². The maximum Gasteiger partial charge on any atom is 0.171 e. The van der Waals surface area contributed by atoms with Gasteiger partial charge in [0.2, 0.25) is 0 Å². The van der Waals surface area contributed by atoms with Crippen molar-refractivity contribution < 1.29 is 0 Å². The van der Waals surface area contributed by atoms with Crippen LogP contribution in [0.1, 0.15) is 5.69 Å². The third-order valence-electron chi connectivity index (χ3n) is 1.39. The third kappa shape index (κ3) is 3.01. The maximum atomic E-state index is 5.68. The van der Waals surface area contributed by atoms with Gasteiger partial charge in [0.25, 0.3) is 0 Å². The summed E-state index contributed by atoms with van der Waals surface area (Å²) in [6.07, 6.45) is 5.33. The third-order valence-corrected chi connectivity index (χ3v) is 1.66. The maximum absolute atomic E-state index is 5.68. The summed E-state index contributed by atoms with van der Waals surface area (Å²) >= 11 is 5.68. The highest BCUT2D eigenvalue weighted by atomic mass is 35.5. The van der Waals surface area contributed by atoms with Gasteiger partial charge in [-0.3, -0.25) is 0 Å². The molecule has 0 bridgehead atoms. The van der Waals surface area contributed by atoms with Gasteiger partial charge in [-0.25, -0.2) is 9.97 Å². The lowest BCUT2D eigenvalue weighted by Crippen LogP contribution is -2.03. The molecular formula is C8H11ClN4. The number of rotatable bonds is 3. The Labute approximate surface area is 81.8 Å². The van der Waals surface area contributed by atoms with Gasteiger partial charge >= 0.3 is 0 Å². The van der Waals surface area contributed by atoms with Crippen molar-refractivity contribution in [2.24, 2.45) is 0 Å². The molecule has 13 heavy (non-hydrogen) atoms. The first-order valence-corrected chi connectivity index (χ1v) is 4.21. The van der Waals surface area contributed by atoms with Gasteiger partial charge in [-0.05, 0) is 13.1 Å². The number of halogens is 1. The normalized spacial score (nSPS) is 10.9. The monoisotopic (exact) mass is 198 g/mol. The first-order valence-electron chi connectivity index (χ1n) is 3.83. The molecule has 1 heterocycles. The smallest absolute Gasteiger partial charge is 0.171 e. The predicted molar refractivity (Wildman–Crippen MR) is 54.4 cm³/mol. The average molecular weight is 199 g/mol. The lowest BCUT2D eigenvalue weighted by Gasteiger charge is -1.96. The minimum absolute atomic E-state index is 0.242. The highest BCUT2D eigenvalue weighted by molar-refractivity contribution is 6.31. The summed E-state index contributed by atoms with van der Waals surface area (Å²) in [5.41, 5.74) is 6.10. The second-order valence-electron chi connectivity index (χ2n) is 2.43. The van der Waals surface area contributed by atoms with E-state index in [9.17, 15) is 0 Å². The second-order valence-corrected chi connectivity index (χ2v) is 2.79. The van der Waals surface area contributed by atoms with E-state index in [0.29, 0.717) is 5.69 Å². The van der Waals surface area contributed by atoms with Crippen molar-refractivity contribution in [3.05, 3.63) is 23.1 Å². The van der Waals surface area contributed by atoms with Crippen molar-refractivity contribution in [2.75, 3.05) is 19.3 Å². The Balaban J connectivity index is 2.73.